The third-order valence-corrected chi connectivity index (χ3v) is 5.67. The highest BCUT2D eigenvalue weighted by atomic mass is 16.1. The standard InChI is InChI=1S/C23H27N5O2/c1-5-18(28-11-10-15-8-6-7-9-19(15)28)21-25-16(20(27-21)13(2)3)12-17-23(30)24-14(4)22(29)26-17/h6-9,12-13,18H,4-5,10-11H2,1-3H3,(H,24,30)(H,25,27)(H,26,29). The number of nitrogens with zero attached hydrogens (tertiary/aromatic N) is 2. The summed E-state index contributed by atoms with van der Waals surface area (Å²) in [5.74, 6) is 1.05. The summed E-state index contributed by atoms with van der Waals surface area (Å²) in [4.78, 5) is 40.0. The van der Waals surface area contributed by atoms with E-state index in [1.54, 1.807) is 6.08 Å². The van der Waals surface area contributed by atoms with E-state index in [0.29, 0.717) is 5.69 Å². The number of para-hydroxylation sites is 1. The second-order valence-electron chi connectivity index (χ2n) is 8.02. The Morgan fingerprint density at radius 1 is 1.17 bits per heavy atom. The summed E-state index contributed by atoms with van der Waals surface area (Å²) in [7, 11) is 0. The molecule has 1 aliphatic rings. The van der Waals surface area contributed by atoms with Crippen molar-refractivity contribution in [2.24, 2.45) is 0 Å². The monoisotopic (exact) mass is 405 g/mol. The molecule has 1 aromatic carbocycles. The van der Waals surface area contributed by atoms with Gasteiger partial charge in [0.2, 0.25) is 0 Å². The van der Waals surface area contributed by atoms with Gasteiger partial charge in [-0.15, -0.1) is 0 Å². The van der Waals surface area contributed by atoms with Crippen LogP contribution in [0.5, 0.6) is 0 Å². The first-order valence-electron chi connectivity index (χ1n) is 10.4. The van der Waals surface area contributed by atoms with Crippen LogP contribution in [0, 0.1) is 0 Å². The van der Waals surface area contributed by atoms with Gasteiger partial charge in [-0.2, -0.15) is 0 Å². The lowest BCUT2D eigenvalue weighted by atomic mass is 10.1. The van der Waals surface area contributed by atoms with E-state index < -0.39 is 5.56 Å². The Kier molecular flexibility index (Phi) is 5.20. The van der Waals surface area contributed by atoms with Crippen molar-refractivity contribution in [3.8, 4) is 0 Å². The van der Waals surface area contributed by atoms with Crippen molar-refractivity contribution in [3.05, 3.63) is 78.4 Å². The molecule has 7 heteroatoms. The van der Waals surface area contributed by atoms with E-state index >= 15 is 0 Å². The molecule has 156 valence electrons. The predicted octanol–water partition coefficient (Wildman–Crippen LogP) is 1.66. The zero-order valence-corrected chi connectivity index (χ0v) is 17.6. The van der Waals surface area contributed by atoms with Crippen LogP contribution in [0.25, 0.3) is 12.7 Å². The van der Waals surface area contributed by atoms with Crippen molar-refractivity contribution < 1.29 is 0 Å². The second-order valence-corrected chi connectivity index (χ2v) is 8.02. The molecule has 0 radical (unpaired) electrons. The topological polar surface area (TPSA) is 97.6 Å². The van der Waals surface area contributed by atoms with Crippen molar-refractivity contribution in [3.63, 3.8) is 0 Å². The van der Waals surface area contributed by atoms with E-state index in [0.717, 1.165) is 30.9 Å². The van der Waals surface area contributed by atoms with Crippen LogP contribution in [0.2, 0.25) is 0 Å². The molecule has 0 bridgehead atoms. The Bertz CT molecular complexity index is 1300. The summed E-state index contributed by atoms with van der Waals surface area (Å²) in [5.41, 5.74) is 3.42. The first-order chi connectivity index (χ1) is 14.4. The summed E-state index contributed by atoms with van der Waals surface area (Å²) in [5, 5.41) is 0.217. The molecule has 3 aromatic rings. The minimum Gasteiger partial charge on any atom is -0.361 e. The predicted molar refractivity (Wildman–Crippen MR) is 119 cm³/mol. The van der Waals surface area contributed by atoms with Crippen LogP contribution in [0.1, 0.15) is 61.9 Å². The summed E-state index contributed by atoms with van der Waals surface area (Å²) in [6, 6.07) is 8.59. The van der Waals surface area contributed by atoms with Gasteiger partial charge in [0.05, 0.1) is 17.1 Å². The number of anilines is 1. The molecule has 3 N–H and O–H groups in total. The zero-order chi connectivity index (χ0) is 21.4. The fourth-order valence-electron chi connectivity index (χ4n) is 4.13. The lowest BCUT2D eigenvalue weighted by molar-refractivity contribution is 0.589. The Balaban J connectivity index is 1.81. The number of rotatable bonds is 5. The Hall–Kier alpha value is -3.35. The second kappa shape index (κ2) is 7.82. The van der Waals surface area contributed by atoms with E-state index in [1.165, 1.54) is 11.3 Å². The van der Waals surface area contributed by atoms with Gasteiger partial charge in [0.1, 0.15) is 11.2 Å². The molecule has 7 nitrogen and oxygen atoms in total. The van der Waals surface area contributed by atoms with Crippen molar-refractivity contribution >= 4 is 18.3 Å². The van der Waals surface area contributed by atoms with Gasteiger partial charge in [-0.3, -0.25) is 9.59 Å². The van der Waals surface area contributed by atoms with E-state index in [9.17, 15) is 9.59 Å². The van der Waals surface area contributed by atoms with Gasteiger partial charge in [0.25, 0.3) is 11.1 Å². The van der Waals surface area contributed by atoms with Gasteiger partial charge >= 0.3 is 0 Å². The largest absolute Gasteiger partial charge is 0.361 e. The third-order valence-electron chi connectivity index (χ3n) is 5.67. The van der Waals surface area contributed by atoms with Crippen LogP contribution in [0.3, 0.4) is 0 Å². The molecule has 0 fully saturated rings. The SMILES string of the molecule is C=c1[nH]c(=O)c(=Cc2nc(C(CC)N3CCc4ccccc43)[nH]c2C(C)C)[nH]c1=O. The van der Waals surface area contributed by atoms with Crippen LogP contribution in [-0.2, 0) is 6.42 Å². The van der Waals surface area contributed by atoms with E-state index in [-0.39, 0.29) is 28.2 Å². The molecule has 2 aromatic heterocycles. The van der Waals surface area contributed by atoms with Crippen LogP contribution < -0.4 is 26.7 Å². The van der Waals surface area contributed by atoms with Crippen molar-refractivity contribution in [1.29, 1.82) is 0 Å². The van der Waals surface area contributed by atoms with Crippen molar-refractivity contribution in [2.75, 3.05) is 11.4 Å². The minimum atomic E-state index is -0.414. The van der Waals surface area contributed by atoms with Gasteiger partial charge in [-0.05, 0) is 36.5 Å². The smallest absolute Gasteiger partial charge is 0.272 e. The summed E-state index contributed by atoms with van der Waals surface area (Å²) in [6.07, 6.45) is 3.56. The highest BCUT2D eigenvalue weighted by molar-refractivity contribution is 5.59. The number of aromatic nitrogens is 4. The number of aromatic amines is 3. The summed E-state index contributed by atoms with van der Waals surface area (Å²) < 4.78 is 0. The van der Waals surface area contributed by atoms with Crippen molar-refractivity contribution in [2.45, 2.75) is 45.6 Å². The Labute approximate surface area is 174 Å². The number of hydrogen-bond donors (Lipinski definition) is 3. The van der Waals surface area contributed by atoms with E-state index in [2.05, 4.69) is 71.5 Å². The van der Waals surface area contributed by atoms with E-state index in [4.69, 9.17) is 4.98 Å². The quantitative estimate of drug-likeness (QED) is 0.601. The number of imidazole rings is 1. The molecule has 0 aliphatic carbocycles. The molecule has 0 spiro atoms. The lowest BCUT2D eigenvalue weighted by Gasteiger charge is -2.28. The molecular formula is C23H27N5O2. The molecule has 30 heavy (non-hydrogen) atoms. The summed E-state index contributed by atoms with van der Waals surface area (Å²) >= 11 is 0. The van der Waals surface area contributed by atoms with E-state index in [1.807, 2.05) is 0 Å². The first-order valence-corrected chi connectivity index (χ1v) is 10.4. The van der Waals surface area contributed by atoms with Gasteiger partial charge in [-0.25, -0.2) is 4.98 Å². The first kappa shape index (κ1) is 19.9. The van der Waals surface area contributed by atoms with Gasteiger partial charge in [0.15, 0.2) is 0 Å². The highest BCUT2D eigenvalue weighted by Gasteiger charge is 2.28. The zero-order valence-electron chi connectivity index (χ0n) is 17.6. The number of hydrogen-bond acceptors (Lipinski definition) is 4. The number of fused-ring (bicyclic) bond motifs is 1. The number of nitrogens with one attached hydrogen (secondary N) is 3. The summed E-state index contributed by atoms with van der Waals surface area (Å²) in [6.45, 7) is 10.8. The molecule has 1 aliphatic heterocycles. The Morgan fingerprint density at radius 2 is 1.93 bits per heavy atom. The normalized spacial score (nSPS) is 15.1. The van der Waals surface area contributed by atoms with Crippen LogP contribution in [0.15, 0.2) is 33.9 Å². The molecular weight excluding hydrogens is 378 g/mol. The maximum atomic E-state index is 12.3. The average Bonchev–Trinajstić information content (AvgIpc) is 3.32. The molecule has 0 amide bonds. The maximum Gasteiger partial charge on any atom is 0.272 e. The minimum absolute atomic E-state index is 0.0442. The van der Waals surface area contributed by atoms with Crippen LogP contribution in [0.4, 0.5) is 5.69 Å². The Morgan fingerprint density at radius 3 is 2.67 bits per heavy atom. The van der Waals surface area contributed by atoms with Crippen LogP contribution >= 0.6 is 0 Å². The van der Waals surface area contributed by atoms with Gasteiger partial charge in [-0.1, -0.05) is 45.5 Å². The van der Waals surface area contributed by atoms with Gasteiger partial charge in [0, 0.05) is 17.9 Å². The van der Waals surface area contributed by atoms with Gasteiger partial charge < -0.3 is 19.9 Å². The fraction of sp³-hybridized carbons (Fsp3) is 0.348. The molecule has 1 atom stereocenters. The maximum absolute atomic E-state index is 12.3. The number of benzene rings is 1. The van der Waals surface area contributed by atoms with Crippen molar-refractivity contribution in [1.82, 2.24) is 19.9 Å². The fourth-order valence-corrected chi connectivity index (χ4v) is 4.13. The molecule has 0 saturated carbocycles. The average molecular weight is 406 g/mol. The number of H-pyrrole nitrogens is 3. The lowest BCUT2D eigenvalue weighted by Crippen LogP contribution is -2.46. The molecule has 3 heterocycles. The molecule has 0 saturated heterocycles. The van der Waals surface area contributed by atoms with Crippen LogP contribution in [-0.4, -0.2) is 26.5 Å². The molecule has 4 rings (SSSR count). The molecule has 1 unspecified atom stereocenters. The highest BCUT2D eigenvalue weighted by Crippen LogP contribution is 2.36. The third kappa shape index (κ3) is 3.51.